The topological polar surface area (TPSA) is 93.7 Å². The van der Waals surface area contributed by atoms with Crippen molar-refractivity contribution in [1.82, 2.24) is 10.0 Å². The number of benzene rings is 2. The molecule has 8 heteroatoms. The normalized spacial score (nSPS) is 14.8. The van der Waals surface area contributed by atoms with Crippen LogP contribution in [-0.4, -0.2) is 41.1 Å². The number of amides is 1. The van der Waals surface area contributed by atoms with Gasteiger partial charge in [-0.25, -0.2) is 8.42 Å². The van der Waals surface area contributed by atoms with Gasteiger partial charge in [0.25, 0.3) is 0 Å². The van der Waals surface area contributed by atoms with Gasteiger partial charge in [-0.1, -0.05) is 42.0 Å². The molecule has 2 N–H and O–H groups in total. The van der Waals surface area contributed by atoms with E-state index >= 15 is 0 Å². The number of methoxy groups -OCH3 is 2. The van der Waals surface area contributed by atoms with Crippen molar-refractivity contribution in [3.8, 4) is 11.5 Å². The summed E-state index contributed by atoms with van der Waals surface area (Å²) in [5.41, 5.74) is 2.22. The Balaban J connectivity index is 1.75. The maximum absolute atomic E-state index is 13.1. The number of hydrogen-bond acceptors (Lipinski definition) is 5. The molecule has 1 aliphatic rings. The van der Waals surface area contributed by atoms with Crippen molar-refractivity contribution in [2.45, 2.75) is 49.5 Å². The lowest BCUT2D eigenvalue weighted by molar-refractivity contribution is -0.122. The summed E-state index contributed by atoms with van der Waals surface area (Å²) in [5, 5.41) is 2.91. The minimum absolute atomic E-state index is 0.00151. The summed E-state index contributed by atoms with van der Waals surface area (Å²) in [7, 11) is -1.07. The molecule has 178 valence electrons. The number of carbonyl (C=O) groups is 1. The van der Waals surface area contributed by atoms with E-state index in [-0.39, 0.29) is 17.2 Å². The van der Waals surface area contributed by atoms with E-state index < -0.39 is 16.1 Å². The summed E-state index contributed by atoms with van der Waals surface area (Å²) in [4.78, 5) is 13.0. The summed E-state index contributed by atoms with van der Waals surface area (Å²) < 4.78 is 39.3. The fraction of sp³-hybridized carbons (Fsp3) is 0.400. The zero-order chi connectivity index (χ0) is 23.7. The lowest BCUT2D eigenvalue weighted by Crippen LogP contribution is -2.48. The highest BCUT2D eigenvalue weighted by molar-refractivity contribution is 7.89. The third-order valence-electron chi connectivity index (χ3n) is 5.69. The molecule has 1 unspecified atom stereocenters. The average molecular weight is 473 g/mol. The van der Waals surface area contributed by atoms with E-state index in [2.05, 4.69) is 16.1 Å². The Bertz CT molecular complexity index is 1070. The fourth-order valence-electron chi connectivity index (χ4n) is 3.88. The number of carbonyl (C=O) groups excluding carboxylic acids is 1. The average Bonchev–Trinajstić information content (AvgIpc) is 2.84. The van der Waals surface area contributed by atoms with Crippen LogP contribution >= 0.6 is 0 Å². The predicted octanol–water partition coefficient (Wildman–Crippen LogP) is 3.60. The Kier molecular flexibility index (Phi) is 8.91. The number of rotatable bonds is 11. The second-order valence-electron chi connectivity index (χ2n) is 8.03. The Labute approximate surface area is 196 Å². The van der Waals surface area contributed by atoms with Crippen LogP contribution in [0.2, 0.25) is 0 Å². The van der Waals surface area contributed by atoms with Gasteiger partial charge in [0.2, 0.25) is 15.9 Å². The van der Waals surface area contributed by atoms with E-state index in [0.29, 0.717) is 18.0 Å². The summed E-state index contributed by atoms with van der Waals surface area (Å²) in [5.74, 6) is 0.372. The molecule has 0 fully saturated rings. The van der Waals surface area contributed by atoms with Crippen molar-refractivity contribution >= 4 is 15.9 Å². The molecule has 0 bridgehead atoms. The summed E-state index contributed by atoms with van der Waals surface area (Å²) in [6.45, 7) is 0.480. The van der Waals surface area contributed by atoms with Gasteiger partial charge in [0.15, 0.2) is 11.5 Å². The first-order chi connectivity index (χ1) is 15.9. The standard InChI is InChI=1S/C25H32N2O5S/c1-31-23-14-13-21(18-24(23)32-2)33(29,30)27-22(17-20-11-7-4-8-12-20)25(28)26-16-15-19-9-5-3-6-10-19/h4,7-9,11-14,18,22,27H,3,5-6,10,15-17H2,1-2H3,(H,26,28). The maximum Gasteiger partial charge on any atom is 0.241 e. The van der Waals surface area contributed by atoms with Gasteiger partial charge in [0.1, 0.15) is 6.04 Å². The van der Waals surface area contributed by atoms with E-state index in [4.69, 9.17) is 9.47 Å². The molecule has 0 radical (unpaired) electrons. The summed E-state index contributed by atoms with van der Waals surface area (Å²) >= 11 is 0. The molecule has 0 saturated heterocycles. The van der Waals surface area contributed by atoms with E-state index in [1.54, 1.807) is 0 Å². The molecule has 0 saturated carbocycles. The molecule has 2 aromatic rings. The Morgan fingerprint density at radius 3 is 2.45 bits per heavy atom. The van der Waals surface area contributed by atoms with Crippen LogP contribution in [0.3, 0.4) is 0 Å². The van der Waals surface area contributed by atoms with E-state index in [9.17, 15) is 13.2 Å². The molecule has 0 spiro atoms. The molecular formula is C25H32N2O5S. The van der Waals surface area contributed by atoms with E-state index in [1.165, 1.54) is 50.8 Å². The van der Waals surface area contributed by atoms with Gasteiger partial charge in [-0.3, -0.25) is 4.79 Å². The van der Waals surface area contributed by atoms with Gasteiger partial charge in [-0.2, -0.15) is 4.72 Å². The molecule has 1 aliphatic carbocycles. The van der Waals surface area contributed by atoms with Gasteiger partial charge in [0.05, 0.1) is 19.1 Å². The second-order valence-corrected chi connectivity index (χ2v) is 9.74. The van der Waals surface area contributed by atoms with Crippen LogP contribution in [0.5, 0.6) is 11.5 Å². The molecule has 33 heavy (non-hydrogen) atoms. The Hall–Kier alpha value is -2.84. The minimum Gasteiger partial charge on any atom is -0.493 e. The maximum atomic E-state index is 13.1. The van der Waals surface area contributed by atoms with Crippen molar-refractivity contribution in [3.63, 3.8) is 0 Å². The highest BCUT2D eigenvalue weighted by Crippen LogP contribution is 2.29. The zero-order valence-electron chi connectivity index (χ0n) is 19.2. The predicted molar refractivity (Wildman–Crippen MR) is 128 cm³/mol. The molecule has 3 rings (SSSR count). The van der Waals surface area contributed by atoms with Gasteiger partial charge < -0.3 is 14.8 Å². The first-order valence-electron chi connectivity index (χ1n) is 11.2. The molecule has 0 aromatic heterocycles. The highest BCUT2D eigenvalue weighted by Gasteiger charge is 2.27. The van der Waals surface area contributed by atoms with Crippen molar-refractivity contribution in [3.05, 3.63) is 65.7 Å². The molecule has 0 heterocycles. The van der Waals surface area contributed by atoms with Crippen molar-refractivity contribution in [1.29, 1.82) is 0 Å². The largest absolute Gasteiger partial charge is 0.493 e. The van der Waals surface area contributed by atoms with Gasteiger partial charge in [0, 0.05) is 12.6 Å². The number of sulfonamides is 1. The van der Waals surface area contributed by atoms with E-state index in [0.717, 1.165) is 24.8 Å². The van der Waals surface area contributed by atoms with Crippen LogP contribution in [0.25, 0.3) is 0 Å². The van der Waals surface area contributed by atoms with Gasteiger partial charge >= 0.3 is 0 Å². The smallest absolute Gasteiger partial charge is 0.241 e. The van der Waals surface area contributed by atoms with Crippen molar-refractivity contribution in [2.24, 2.45) is 0 Å². The van der Waals surface area contributed by atoms with E-state index in [1.807, 2.05) is 30.3 Å². The molecule has 1 amide bonds. The number of allylic oxidation sites excluding steroid dienone is 1. The quantitative estimate of drug-likeness (QED) is 0.488. The van der Waals surface area contributed by atoms with Crippen LogP contribution in [0, 0.1) is 0 Å². The molecule has 1 atom stereocenters. The van der Waals surface area contributed by atoms with Crippen LogP contribution < -0.4 is 19.5 Å². The zero-order valence-corrected chi connectivity index (χ0v) is 20.0. The molecule has 7 nitrogen and oxygen atoms in total. The number of ether oxygens (including phenoxy) is 2. The Morgan fingerprint density at radius 1 is 1.03 bits per heavy atom. The van der Waals surface area contributed by atoms with Crippen molar-refractivity contribution < 1.29 is 22.7 Å². The second kappa shape index (κ2) is 11.9. The third-order valence-corrected chi connectivity index (χ3v) is 7.16. The van der Waals surface area contributed by atoms with Gasteiger partial charge in [-0.05, 0) is 56.2 Å². The lowest BCUT2D eigenvalue weighted by atomic mass is 9.97. The third kappa shape index (κ3) is 7.07. The van der Waals surface area contributed by atoms with Crippen LogP contribution in [0.4, 0.5) is 0 Å². The van der Waals surface area contributed by atoms with Crippen LogP contribution in [0.1, 0.15) is 37.7 Å². The fourth-order valence-corrected chi connectivity index (χ4v) is 5.09. The first-order valence-corrected chi connectivity index (χ1v) is 12.6. The van der Waals surface area contributed by atoms with Gasteiger partial charge in [-0.15, -0.1) is 0 Å². The van der Waals surface area contributed by atoms with Crippen LogP contribution in [0.15, 0.2) is 65.1 Å². The number of hydrogen-bond donors (Lipinski definition) is 2. The molecular weight excluding hydrogens is 440 g/mol. The SMILES string of the molecule is COc1ccc(S(=O)(=O)NC(Cc2ccccc2)C(=O)NCCC2=CCCCC2)cc1OC. The first kappa shape index (κ1) is 24.8. The minimum atomic E-state index is -3.99. The lowest BCUT2D eigenvalue weighted by Gasteiger charge is -2.20. The van der Waals surface area contributed by atoms with Crippen LogP contribution in [-0.2, 0) is 21.2 Å². The highest BCUT2D eigenvalue weighted by atomic mass is 32.2. The van der Waals surface area contributed by atoms with Crippen molar-refractivity contribution in [2.75, 3.05) is 20.8 Å². The summed E-state index contributed by atoms with van der Waals surface area (Å²) in [6, 6.07) is 12.7. The summed E-state index contributed by atoms with van der Waals surface area (Å²) in [6.07, 6.45) is 7.82. The molecule has 0 aliphatic heterocycles. The molecule has 2 aromatic carbocycles. The monoisotopic (exact) mass is 472 g/mol. The Morgan fingerprint density at radius 2 is 1.79 bits per heavy atom. The number of nitrogens with one attached hydrogen (secondary N) is 2.